The van der Waals surface area contributed by atoms with Gasteiger partial charge in [-0.1, -0.05) is 48.9 Å². The van der Waals surface area contributed by atoms with E-state index in [-0.39, 0.29) is 37.2 Å². The predicted octanol–water partition coefficient (Wildman–Crippen LogP) is 4.27. The molecule has 0 spiro atoms. The third-order valence-corrected chi connectivity index (χ3v) is 7.37. The van der Waals surface area contributed by atoms with E-state index in [1.807, 2.05) is 52.0 Å². The highest BCUT2D eigenvalue weighted by Crippen LogP contribution is 2.30. The maximum Gasteiger partial charge on any atom is 0.242 e. The Balaban J connectivity index is 2.21. The number of nitrogens with zero attached hydrogens (tertiary/aromatic N) is 2. The minimum Gasteiger partial charge on any atom is -0.492 e. The molecule has 0 saturated carbocycles. The fourth-order valence-electron chi connectivity index (χ4n) is 3.98. The number of sulfonamides is 1. The molecule has 8 nitrogen and oxygen atoms in total. The van der Waals surface area contributed by atoms with Gasteiger partial charge in [0.2, 0.25) is 21.8 Å². The van der Waals surface area contributed by atoms with Gasteiger partial charge in [-0.05, 0) is 58.2 Å². The van der Waals surface area contributed by atoms with Crippen LogP contribution in [0.1, 0.15) is 58.1 Å². The number of anilines is 1. The molecule has 204 valence electrons. The Kier molecular flexibility index (Phi) is 11.4. The Morgan fingerprint density at radius 1 is 1.05 bits per heavy atom. The molecule has 0 bridgehead atoms. The third-order valence-electron chi connectivity index (χ3n) is 6.19. The molecule has 0 aliphatic carbocycles. The summed E-state index contributed by atoms with van der Waals surface area (Å²) in [6.07, 6.45) is 2.31. The van der Waals surface area contributed by atoms with E-state index < -0.39 is 16.1 Å². The Morgan fingerprint density at radius 3 is 2.38 bits per heavy atom. The third kappa shape index (κ3) is 9.07. The summed E-state index contributed by atoms with van der Waals surface area (Å²) in [7, 11) is -3.61. The van der Waals surface area contributed by atoms with Gasteiger partial charge in [0, 0.05) is 25.6 Å². The summed E-state index contributed by atoms with van der Waals surface area (Å²) in [5.74, 6) is 0.0526. The standard InChI is InChI=1S/C28H41N3O5S/c1-7-22(4)29-28(33)23(5)30(20-24-14-11-13-21(3)19-24)27(32)17-12-18-31(37(6,34)35)25-15-9-10-16-26(25)36-8-2/h9-11,13-16,19,22-23H,7-8,12,17-18,20H2,1-6H3,(H,29,33). The number of hydrogen-bond donors (Lipinski definition) is 1. The molecule has 0 aromatic heterocycles. The molecule has 2 aromatic rings. The summed E-state index contributed by atoms with van der Waals surface area (Å²) in [6.45, 7) is 10.3. The van der Waals surface area contributed by atoms with Gasteiger partial charge in [0.15, 0.2) is 0 Å². The van der Waals surface area contributed by atoms with Crippen LogP contribution in [0.4, 0.5) is 5.69 Å². The van der Waals surface area contributed by atoms with Crippen molar-refractivity contribution in [1.82, 2.24) is 10.2 Å². The van der Waals surface area contributed by atoms with Gasteiger partial charge in [0.25, 0.3) is 0 Å². The fraction of sp³-hybridized carbons (Fsp3) is 0.500. The summed E-state index contributed by atoms with van der Waals surface area (Å²) in [4.78, 5) is 27.9. The minimum atomic E-state index is -3.61. The van der Waals surface area contributed by atoms with Crippen molar-refractivity contribution >= 4 is 27.5 Å². The molecule has 2 aromatic carbocycles. The molecular weight excluding hydrogens is 490 g/mol. The average molecular weight is 532 g/mol. The SMILES string of the molecule is CCOc1ccccc1N(CCCC(=O)N(Cc1cccc(C)c1)C(C)C(=O)NC(C)CC)S(C)(=O)=O. The largest absolute Gasteiger partial charge is 0.492 e. The van der Waals surface area contributed by atoms with E-state index in [1.165, 1.54) is 4.31 Å². The number of nitrogens with one attached hydrogen (secondary N) is 1. The molecule has 9 heteroatoms. The van der Waals surface area contributed by atoms with Crippen molar-refractivity contribution < 1.29 is 22.7 Å². The highest BCUT2D eigenvalue weighted by atomic mass is 32.2. The van der Waals surface area contributed by atoms with E-state index in [2.05, 4.69) is 5.32 Å². The van der Waals surface area contributed by atoms with Gasteiger partial charge < -0.3 is 15.0 Å². The second-order valence-electron chi connectivity index (χ2n) is 9.34. The molecule has 0 radical (unpaired) electrons. The van der Waals surface area contributed by atoms with E-state index in [1.54, 1.807) is 36.1 Å². The Morgan fingerprint density at radius 2 is 1.76 bits per heavy atom. The summed E-state index contributed by atoms with van der Waals surface area (Å²) < 4.78 is 32.1. The van der Waals surface area contributed by atoms with E-state index >= 15 is 0 Å². The monoisotopic (exact) mass is 531 g/mol. The van der Waals surface area contributed by atoms with Crippen molar-refractivity contribution in [2.45, 2.75) is 72.5 Å². The number of carbonyl (C=O) groups excluding carboxylic acids is 2. The van der Waals surface area contributed by atoms with Gasteiger partial charge in [-0.15, -0.1) is 0 Å². The van der Waals surface area contributed by atoms with Crippen LogP contribution in [0.2, 0.25) is 0 Å². The molecular formula is C28H41N3O5S. The highest BCUT2D eigenvalue weighted by molar-refractivity contribution is 7.92. The summed E-state index contributed by atoms with van der Waals surface area (Å²) in [5, 5.41) is 2.96. The lowest BCUT2D eigenvalue weighted by Gasteiger charge is -2.30. The van der Waals surface area contributed by atoms with Crippen LogP contribution in [0.25, 0.3) is 0 Å². The number of ether oxygens (including phenoxy) is 1. The van der Waals surface area contributed by atoms with E-state index in [9.17, 15) is 18.0 Å². The number of hydrogen-bond acceptors (Lipinski definition) is 5. The van der Waals surface area contributed by atoms with Crippen molar-refractivity contribution in [1.29, 1.82) is 0 Å². The van der Waals surface area contributed by atoms with Gasteiger partial charge in [-0.25, -0.2) is 8.42 Å². The zero-order valence-electron chi connectivity index (χ0n) is 22.9. The van der Waals surface area contributed by atoms with Crippen LogP contribution in [0.3, 0.4) is 0 Å². The first-order valence-corrected chi connectivity index (χ1v) is 14.7. The molecule has 0 aliphatic heterocycles. The minimum absolute atomic E-state index is 0.000372. The summed E-state index contributed by atoms with van der Waals surface area (Å²) in [6, 6.07) is 14.1. The number of amides is 2. The molecule has 0 fully saturated rings. The first-order valence-electron chi connectivity index (χ1n) is 12.8. The van der Waals surface area contributed by atoms with Gasteiger partial charge >= 0.3 is 0 Å². The summed E-state index contributed by atoms with van der Waals surface area (Å²) >= 11 is 0. The zero-order valence-corrected chi connectivity index (χ0v) is 23.7. The fourth-order valence-corrected chi connectivity index (χ4v) is 4.95. The van der Waals surface area contributed by atoms with Crippen molar-refractivity contribution in [3.8, 4) is 5.75 Å². The Labute approximate surface area is 222 Å². The molecule has 0 heterocycles. The highest BCUT2D eigenvalue weighted by Gasteiger charge is 2.27. The number of para-hydroxylation sites is 2. The van der Waals surface area contributed by atoms with Crippen molar-refractivity contribution in [3.05, 3.63) is 59.7 Å². The Bertz CT molecular complexity index is 1150. The topological polar surface area (TPSA) is 96.0 Å². The zero-order chi connectivity index (χ0) is 27.6. The van der Waals surface area contributed by atoms with Crippen LogP contribution < -0.4 is 14.4 Å². The van der Waals surface area contributed by atoms with E-state index in [4.69, 9.17) is 4.74 Å². The van der Waals surface area contributed by atoms with E-state index in [0.717, 1.165) is 23.8 Å². The first kappa shape index (κ1) is 30.2. The molecule has 1 N–H and O–H groups in total. The van der Waals surface area contributed by atoms with Crippen LogP contribution in [0, 0.1) is 6.92 Å². The van der Waals surface area contributed by atoms with Gasteiger partial charge in [-0.3, -0.25) is 13.9 Å². The van der Waals surface area contributed by atoms with Crippen LogP contribution in [0.5, 0.6) is 5.75 Å². The van der Waals surface area contributed by atoms with Gasteiger partial charge in [-0.2, -0.15) is 0 Å². The van der Waals surface area contributed by atoms with Crippen molar-refractivity contribution in [2.75, 3.05) is 23.7 Å². The molecule has 0 aliphatic rings. The van der Waals surface area contributed by atoms with Crippen LogP contribution in [0.15, 0.2) is 48.5 Å². The molecule has 2 unspecified atom stereocenters. The lowest BCUT2D eigenvalue weighted by Crippen LogP contribution is -2.49. The number of aryl methyl sites for hydroxylation is 1. The maximum absolute atomic E-state index is 13.4. The molecule has 2 amide bonds. The Hall–Kier alpha value is -3.07. The molecule has 2 atom stereocenters. The average Bonchev–Trinajstić information content (AvgIpc) is 2.84. The van der Waals surface area contributed by atoms with Crippen molar-refractivity contribution in [2.24, 2.45) is 0 Å². The summed E-state index contributed by atoms with van der Waals surface area (Å²) in [5.41, 5.74) is 2.44. The van der Waals surface area contributed by atoms with Gasteiger partial charge in [0.05, 0.1) is 18.6 Å². The predicted molar refractivity (Wildman–Crippen MR) is 148 cm³/mol. The molecule has 0 saturated heterocycles. The van der Waals surface area contributed by atoms with E-state index in [0.29, 0.717) is 24.6 Å². The number of benzene rings is 2. The maximum atomic E-state index is 13.4. The van der Waals surface area contributed by atoms with Crippen LogP contribution in [-0.2, 0) is 26.2 Å². The number of carbonyl (C=O) groups is 2. The van der Waals surface area contributed by atoms with Gasteiger partial charge in [0.1, 0.15) is 11.8 Å². The number of rotatable bonds is 14. The smallest absolute Gasteiger partial charge is 0.242 e. The second kappa shape index (κ2) is 14.0. The first-order chi connectivity index (χ1) is 17.5. The van der Waals surface area contributed by atoms with Crippen LogP contribution in [-0.4, -0.2) is 56.6 Å². The lowest BCUT2D eigenvalue weighted by atomic mass is 10.1. The molecule has 37 heavy (non-hydrogen) atoms. The van der Waals surface area contributed by atoms with Crippen LogP contribution >= 0.6 is 0 Å². The molecule has 2 rings (SSSR count). The second-order valence-corrected chi connectivity index (χ2v) is 11.3. The quantitative estimate of drug-likeness (QED) is 0.393. The normalized spacial score (nSPS) is 12.9. The van der Waals surface area contributed by atoms with Crippen molar-refractivity contribution in [3.63, 3.8) is 0 Å². The lowest BCUT2D eigenvalue weighted by molar-refractivity contribution is -0.140.